The van der Waals surface area contributed by atoms with Gasteiger partial charge in [0.05, 0.1) is 11.3 Å². The van der Waals surface area contributed by atoms with Gasteiger partial charge in [-0.2, -0.15) is 0 Å². The van der Waals surface area contributed by atoms with Crippen LogP contribution in [0.15, 0.2) is 63.8 Å². The summed E-state index contributed by atoms with van der Waals surface area (Å²) in [5.74, 6) is 0. The summed E-state index contributed by atoms with van der Waals surface area (Å²) >= 11 is 1.37. The quantitative estimate of drug-likeness (QED) is 0.461. The van der Waals surface area contributed by atoms with Crippen molar-refractivity contribution in [3.05, 3.63) is 70.6 Å². The van der Waals surface area contributed by atoms with E-state index in [9.17, 15) is 4.79 Å². The van der Waals surface area contributed by atoms with Gasteiger partial charge in [0.1, 0.15) is 5.58 Å². The Hall–Kier alpha value is -3.25. The number of para-hydroxylation sites is 2. The predicted molar refractivity (Wildman–Crippen MR) is 103 cm³/mol. The van der Waals surface area contributed by atoms with Crippen molar-refractivity contribution in [2.45, 2.75) is 6.92 Å². The monoisotopic (exact) mass is 359 g/mol. The van der Waals surface area contributed by atoms with Crippen molar-refractivity contribution in [1.29, 1.82) is 0 Å². The van der Waals surface area contributed by atoms with E-state index in [0.717, 1.165) is 32.6 Å². The molecule has 0 amide bonds. The molecule has 3 aromatic heterocycles. The summed E-state index contributed by atoms with van der Waals surface area (Å²) in [7, 11) is 0. The van der Waals surface area contributed by atoms with Crippen molar-refractivity contribution < 1.29 is 4.42 Å². The molecule has 6 heteroatoms. The zero-order valence-electron chi connectivity index (χ0n) is 13.8. The summed E-state index contributed by atoms with van der Waals surface area (Å²) < 4.78 is 5.52. The fourth-order valence-corrected chi connectivity index (χ4v) is 3.89. The molecule has 0 aliphatic carbocycles. The van der Waals surface area contributed by atoms with E-state index in [1.807, 2.05) is 61.5 Å². The Bertz CT molecular complexity index is 1300. The Morgan fingerprint density at radius 1 is 0.962 bits per heavy atom. The number of benzene rings is 2. The summed E-state index contributed by atoms with van der Waals surface area (Å²) in [6.07, 6.45) is 0. The van der Waals surface area contributed by atoms with Gasteiger partial charge in [0.15, 0.2) is 10.0 Å². The van der Waals surface area contributed by atoms with E-state index in [-0.39, 0.29) is 0 Å². The molecule has 0 aliphatic rings. The lowest BCUT2D eigenvalue weighted by molar-refractivity contribution is 0.561. The minimum Gasteiger partial charge on any atom is -0.422 e. The standard InChI is InChI=1S/C20H13N3O2S/c1-11-5-4-7-13-9-14(20(24)25-17(11)13)18-22-23-19(26-18)16-10-12-6-2-3-8-15(12)21-16/h2-10,21H,1H3. The lowest BCUT2D eigenvalue weighted by Crippen LogP contribution is -2.02. The number of nitrogens with zero attached hydrogens (tertiary/aromatic N) is 2. The van der Waals surface area contributed by atoms with Crippen LogP contribution in [0.5, 0.6) is 0 Å². The number of rotatable bonds is 2. The third-order valence-corrected chi connectivity index (χ3v) is 5.36. The Kier molecular flexibility index (Phi) is 3.26. The van der Waals surface area contributed by atoms with Crippen LogP contribution in [0.3, 0.4) is 0 Å². The molecule has 2 aromatic carbocycles. The van der Waals surface area contributed by atoms with E-state index < -0.39 is 5.63 Å². The third-order valence-electron chi connectivity index (χ3n) is 4.37. The van der Waals surface area contributed by atoms with E-state index in [1.54, 1.807) is 0 Å². The number of nitrogens with one attached hydrogen (secondary N) is 1. The number of fused-ring (bicyclic) bond motifs is 2. The van der Waals surface area contributed by atoms with Gasteiger partial charge in [-0.15, -0.1) is 10.2 Å². The van der Waals surface area contributed by atoms with Crippen LogP contribution in [0.2, 0.25) is 0 Å². The average Bonchev–Trinajstić information content (AvgIpc) is 3.29. The van der Waals surface area contributed by atoms with Gasteiger partial charge >= 0.3 is 5.63 Å². The van der Waals surface area contributed by atoms with Gasteiger partial charge in [0.2, 0.25) is 0 Å². The highest BCUT2D eigenvalue weighted by Crippen LogP contribution is 2.31. The number of aryl methyl sites for hydroxylation is 1. The molecule has 126 valence electrons. The second-order valence-corrected chi connectivity index (χ2v) is 7.10. The molecule has 0 bridgehead atoms. The van der Waals surface area contributed by atoms with Crippen LogP contribution >= 0.6 is 11.3 Å². The summed E-state index contributed by atoms with van der Waals surface area (Å²) in [4.78, 5) is 15.8. The number of hydrogen-bond acceptors (Lipinski definition) is 5. The molecular formula is C20H13N3O2S. The molecule has 0 radical (unpaired) electrons. The van der Waals surface area contributed by atoms with Crippen molar-refractivity contribution in [1.82, 2.24) is 15.2 Å². The number of hydrogen-bond donors (Lipinski definition) is 1. The number of H-pyrrole nitrogens is 1. The second kappa shape index (κ2) is 5.64. The second-order valence-electron chi connectivity index (χ2n) is 6.12. The molecule has 5 aromatic rings. The molecule has 0 fully saturated rings. The maximum atomic E-state index is 12.4. The third kappa shape index (κ3) is 2.34. The van der Waals surface area contributed by atoms with Gasteiger partial charge < -0.3 is 9.40 Å². The summed E-state index contributed by atoms with van der Waals surface area (Å²) in [6.45, 7) is 1.92. The fraction of sp³-hybridized carbons (Fsp3) is 0.0500. The largest absolute Gasteiger partial charge is 0.422 e. The molecule has 0 unspecified atom stereocenters. The minimum absolute atomic E-state index is 0.397. The summed E-state index contributed by atoms with van der Waals surface area (Å²) in [5.41, 5.74) is 3.51. The maximum Gasteiger partial charge on any atom is 0.346 e. The number of aromatic amines is 1. The Morgan fingerprint density at radius 2 is 1.77 bits per heavy atom. The predicted octanol–water partition coefficient (Wildman–Crippen LogP) is 4.77. The highest BCUT2D eigenvalue weighted by molar-refractivity contribution is 7.17. The van der Waals surface area contributed by atoms with E-state index in [0.29, 0.717) is 16.2 Å². The lowest BCUT2D eigenvalue weighted by atomic mass is 10.1. The SMILES string of the molecule is Cc1cccc2cc(-c3nnc(-c4cc5ccccc5[nH]4)s3)c(=O)oc12. The molecule has 0 spiro atoms. The molecule has 0 atom stereocenters. The highest BCUT2D eigenvalue weighted by atomic mass is 32.1. The molecule has 3 heterocycles. The van der Waals surface area contributed by atoms with Gasteiger partial charge in [0, 0.05) is 16.3 Å². The molecule has 0 aliphatic heterocycles. The van der Waals surface area contributed by atoms with Gasteiger partial charge in [-0.1, -0.05) is 47.7 Å². The molecule has 26 heavy (non-hydrogen) atoms. The Morgan fingerprint density at radius 3 is 2.65 bits per heavy atom. The van der Waals surface area contributed by atoms with E-state index in [4.69, 9.17) is 4.42 Å². The van der Waals surface area contributed by atoms with Crippen molar-refractivity contribution in [3.63, 3.8) is 0 Å². The van der Waals surface area contributed by atoms with Crippen LogP contribution in [-0.4, -0.2) is 15.2 Å². The van der Waals surface area contributed by atoms with Crippen LogP contribution < -0.4 is 5.63 Å². The van der Waals surface area contributed by atoms with Gasteiger partial charge in [-0.05, 0) is 30.7 Å². The zero-order valence-corrected chi connectivity index (χ0v) is 14.6. The first-order valence-electron chi connectivity index (χ1n) is 8.14. The smallest absolute Gasteiger partial charge is 0.346 e. The first-order chi connectivity index (χ1) is 12.7. The number of aromatic nitrogens is 3. The topological polar surface area (TPSA) is 71.8 Å². The molecular weight excluding hydrogens is 346 g/mol. The highest BCUT2D eigenvalue weighted by Gasteiger charge is 2.15. The molecule has 5 rings (SSSR count). The molecule has 0 saturated carbocycles. The first-order valence-corrected chi connectivity index (χ1v) is 8.96. The average molecular weight is 359 g/mol. The molecule has 5 nitrogen and oxygen atoms in total. The van der Waals surface area contributed by atoms with Crippen molar-refractivity contribution in [2.75, 3.05) is 0 Å². The van der Waals surface area contributed by atoms with Crippen LogP contribution in [0.4, 0.5) is 0 Å². The molecule has 0 saturated heterocycles. The zero-order chi connectivity index (χ0) is 17.7. The minimum atomic E-state index is -0.397. The summed E-state index contributed by atoms with van der Waals surface area (Å²) in [5, 5.41) is 11.7. The Balaban J connectivity index is 1.63. The van der Waals surface area contributed by atoms with Gasteiger partial charge in [-0.25, -0.2) is 4.79 Å². The van der Waals surface area contributed by atoms with Crippen molar-refractivity contribution in [2.24, 2.45) is 0 Å². The van der Waals surface area contributed by atoms with Crippen LogP contribution in [0, 0.1) is 6.92 Å². The Labute approximate surface area is 151 Å². The van der Waals surface area contributed by atoms with Crippen LogP contribution in [0.1, 0.15) is 5.56 Å². The van der Waals surface area contributed by atoms with Gasteiger partial charge in [0.25, 0.3) is 0 Å². The summed E-state index contributed by atoms with van der Waals surface area (Å²) in [6, 6.07) is 17.7. The van der Waals surface area contributed by atoms with Gasteiger partial charge in [-0.3, -0.25) is 0 Å². The lowest BCUT2D eigenvalue weighted by Gasteiger charge is -2.01. The maximum absolute atomic E-state index is 12.4. The van der Waals surface area contributed by atoms with Crippen LogP contribution in [-0.2, 0) is 0 Å². The first kappa shape index (κ1) is 15.0. The van der Waals surface area contributed by atoms with Crippen molar-refractivity contribution in [3.8, 4) is 21.3 Å². The molecule has 1 N–H and O–H groups in total. The van der Waals surface area contributed by atoms with Crippen molar-refractivity contribution >= 4 is 33.2 Å². The normalized spacial score (nSPS) is 11.4. The van der Waals surface area contributed by atoms with Crippen LogP contribution in [0.25, 0.3) is 43.1 Å². The van der Waals surface area contributed by atoms with E-state index >= 15 is 0 Å². The van der Waals surface area contributed by atoms with E-state index in [2.05, 4.69) is 15.2 Å². The fourth-order valence-electron chi connectivity index (χ4n) is 3.07. The van der Waals surface area contributed by atoms with E-state index in [1.165, 1.54) is 11.3 Å².